The lowest BCUT2D eigenvalue weighted by atomic mass is 10.2. The number of hydrogen-bond acceptors (Lipinski definition) is 3. The van der Waals surface area contributed by atoms with Crippen molar-refractivity contribution in [3.8, 4) is 5.75 Å². The average Bonchev–Trinajstić information content (AvgIpc) is 2.27. The standard InChI is InChI=1S/C10H14O2S.C2H6/c1-9-4-2-5-10(8-9)12-6-3-7-13-11;1-2/h2,4-5,8,11H,3,6-7H2,1H3;1-2H3. The zero-order chi connectivity index (χ0) is 11.5. The molecule has 1 rings (SSSR count). The van der Waals surface area contributed by atoms with Crippen LogP contribution >= 0.6 is 12.0 Å². The van der Waals surface area contributed by atoms with Crippen LogP contribution in [0.3, 0.4) is 0 Å². The molecule has 1 aromatic carbocycles. The fourth-order valence-corrected chi connectivity index (χ4v) is 1.27. The summed E-state index contributed by atoms with van der Waals surface area (Å²) in [5.41, 5.74) is 1.20. The number of aryl methyl sites for hydroxylation is 1. The summed E-state index contributed by atoms with van der Waals surface area (Å²) in [5.74, 6) is 1.63. The minimum Gasteiger partial charge on any atom is -0.494 e. The lowest BCUT2D eigenvalue weighted by molar-refractivity contribution is 0.318. The lowest BCUT2D eigenvalue weighted by Crippen LogP contribution is -1.98. The second kappa shape index (κ2) is 9.87. The van der Waals surface area contributed by atoms with Crippen molar-refractivity contribution in [1.29, 1.82) is 0 Å². The lowest BCUT2D eigenvalue weighted by Gasteiger charge is -2.05. The van der Waals surface area contributed by atoms with Crippen molar-refractivity contribution < 1.29 is 9.29 Å². The molecule has 0 atom stereocenters. The molecule has 2 nitrogen and oxygen atoms in total. The molecular weight excluding hydrogens is 208 g/mol. The van der Waals surface area contributed by atoms with Gasteiger partial charge in [-0.3, -0.25) is 0 Å². The van der Waals surface area contributed by atoms with E-state index in [-0.39, 0.29) is 0 Å². The van der Waals surface area contributed by atoms with Crippen LogP contribution in [-0.2, 0) is 0 Å². The van der Waals surface area contributed by atoms with E-state index in [2.05, 4.69) is 0 Å². The number of rotatable bonds is 5. The van der Waals surface area contributed by atoms with Gasteiger partial charge in [0.25, 0.3) is 0 Å². The highest BCUT2D eigenvalue weighted by atomic mass is 32.2. The van der Waals surface area contributed by atoms with Gasteiger partial charge in [-0.2, -0.15) is 0 Å². The highest BCUT2D eigenvalue weighted by Gasteiger charge is 1.93. The molecule has 1 aromatic rings. The second-order valence-electron chi connectivity index (χ2n) is 2.85. The second-order valence-corrected chi connectivity index (χ2v) is 3.52. The third kappa shape index (κ3) is 7.28. The summed E-state index contributed by atoms with van der Waals surface area (Å²) in [6.45, 7) is 6.70. The zero-order valence-corrected chi connectivity index (χ0v) is 10.5. The molecule has 0 spiro atoms. The fourth-order valence-electron chi connectivity index (χ4n) is 1.02. The molecule has 0 amide bonds. The minimum atomic E-state index is 0.664. The Morgan fingerprint density at radius 3 is 2.67 bits per heavy atom. The summed E-state index contributed by atoms with van der Waals surface area (Å²) in [6.07, 6.45) is 0.870. The number of ether oxygens (including phenoxy) is 1. The van der Waals surface area contributed by atoms with Crippen LogP contribution in [0.25, 0.3) is 0 Å². The molecule has 1 N–H and O–H groups in total. The summed E-state index contributed by atoms with van der Waals surface area (Å²) in [7, 11) is 0. The van der Waals surface area contributed by atoms with Crippen molar-refractivity contribution in [3.63, 3.8) is 0 Å². The summed E-state index contributed by atoms with van der Waals surface area (Å²) >= 11 is 0.860. The normalized spacial score (nSPS) is 9.07. The van der Waals surface area contributed by atoms with Crippen molar-refractivity contribution in [2.45, 2.75) is 27.2 Å². The molecule has 3 heteroatoms. The van der Waals surface area contributed by atoms with Gasteiger partial charge in [0, 0.05) is 5.75 Å². The molecule has 86 valence electrons. The molecule has 0 aliphatic rings. The quantitative estimate of drug-likeness (QED) is 0.610. The molecule has 0 heterocycles. The largest absolute Gasteiger partial charge is 0.494 e. The predicted molar refractivity (Wildman–Crippen MR) is 67.7 cm³/mol. The first-order chi connectivity index (χ1) is 7.33. The van der Waals surface area contributed by atoms with Gasteiger partial charge in [0.1, 0.15) is 5.75 Å². The number of benzene rings is 1. The van der Waals surface area contributed by atoms with Gasteiger partial charge in [0.2, 0.25) is 0 Å². The van der Waals surface area contributed by atoms with Crippen LogP contribution in [0.15, 0.2) is 24.3 Å². The molecule has 0 bridgehead atoms. The molecule has 0 fully saturated rings. The van der Waals surface area contributed by atoms with E-state index in [1.54, 1.807) is 0 Å². The molecule has 0 aromatic heterocycles. The van der Waals surface area contributed by atoms with Crippen LogP contribution in [-0.4, -0.2) is 16.9 Å². The maximum Gasteiger partial charge on any atom is 0.119 e. The number of hydrogen-bond donors (Lipinski definition) is 1. The van der Waals surface area contributed by atoms with Gasteiger partial charge in [-0.1, -0.05) is 26.0 Å². The van der Waals surface area contributed by atoms with Gasteiger partial charge in [0.15, 0.2) is 0 Å². The van der Waals surface area contributed by atoms with E-state index < -0.39 is 0 Å². The van der Waals surface area contributed by atoms with E-state index in [1.807, 2.05) is 45.0 Å². The minimum absolute atomic E-state index is 0.664. The van der Waals surface area contributed by atoms with Crippen LogP contribution in [0, 0.1) is 6.92 Å². The van der Waals surface area contributed by atoms with Gasteiger partial charge in [-0.05, 0) is 43.1 Å². The molecule has 0 saturated heterocycles. The average molecular weight is 228 g/mol. The maximum atomic E-state index is 8.47. The van der Waals surface area contributed by atoms with Gasteiger partial charge in [0.05, 0.1) is 6.61 Å². The molecular formula is C12H20O2S. The van der Waals surface area contributed by atoms with E-state index in [0.717, 1.165) is 30.0 Å². The first-order valence-electron chi connectivity index (χ1n) is 5.29. The smallest absolute Gasteiger partial charge is 0.119 e. The fraction of sp³-hybridized carbons (Fsp3) is 0.500. The first-order valence-corrected chi connectivity index (χ1v) is 6.23. The van der Waals surface area contributed by atoms with E-state index in [0.29, 0.717) is 6.61 Å². The van der Waals surface area contributed by atoms with E-state index >= 15 is 0 Å². The Balaban J connectivity index is 0.000000921. The van der Waals surface area contributed by atoms with Crippen molar-refractivity contribution >= 4 is 12.0 Å². The summed E-state index contributed by atoms with van der Waals surface area (Å²) in [5, 5.41) is 0. The summed E-state index contributed by atoms with van der Waals surface area (Å²) < 4.78 is 13.9. The highest BCUT2D eigenvalue weighted by Crippen LogP contribution is 2.12. The molecule has 0 aliphatic heterocycles. The van der Waals surface area contributed by atoms with Crippen molar-refractivity contribution in [2.24, 2.45) is 0 Å². The van der Waals surface area contributed by atoms with Gasteiger partial charge in [-0.25, -0.2) is 0 Å². The monoisotopic (exact) mass is 228 g/mol. The maximum absolute atomic E-state index is 8.47. The third-order valence-electron chi connectivity index (χ3n) is 1.64. The molecule has 0 saturated carbocycles. The van der Waals surface area contributed by atoms with Gasteiger partial charge >= 0.3 is 0 Å². The Hall–Kier alpha value is -0.670. The van der Waals surface area contributed by atoms with Crippen LogP contribution in [0.5, 0.6) is 5.75 Å². The summed E-state index contributed by atoms with van der Waals surface area (Å²) in [4.78, 5) is 0. The Morgan fingerprint density at radius 2 is 2.07 bits per heavy atom. The summed E-state index contributed by atoms with van der Waals surface area (Å²) in [6, 6.07) is 7.97. The van der Waals surface area contributed by atoms with Crippen LogP contribution in [0.2, 0.25) is 0 Å². The third-order valence-corrected chi connectivity index (χ3v) is 2.11. The molecule has 15 heavy (non-hydrogen) atoms. The molecule has 0 aliphatic carbocycles. The SMILES string of the molecule is CC.Cc1cccc(OCCCSO)c1. The van der Waals surface area contributed by atoms with Crippen LogP contribution < -0.4 is 4.74 Å². The van der Waals surface area contributed by atoms with Gasteiger partial charge in [-0.15, -0.1) is 0 Å². The van der Waals surface area contributed by atoms with E-state index in [9.17, 15) is 0 Å². The van der Waals surface area contributed by atoms with Crippen molar-refractivity contribution in [2.75, 3.05) is 12.4 Å². The predicted octanol–water partition coefficient (Wildman–Crippen LogP) is 4.00. The Kier molecular flexibility index (Phi) is 9.43. The Labute approximate surface area is 96.9 Å². The first kappa shape index (κ1) is 14.3. The van der Waals surface area contributed by atoms with Crippen molar-refractivity contribution in [3.05, 3.63) is 29.8 Å². The van der Waals surface area contributed by atoms with Crippen LogP contribution in [0.4, 0.5) is 0 Å². The van der Waals surface area contributed by atoms with Crippen LogP contribution in [0.1, 0.15) is 25.8 Å². The Bertz CT molecular complexity index is 251. The Morgan fingerprint density at radius 1 is 1.33 bits per heavy atom. The molecule has 0 radical (unpaired) electrons. The highest BCUT2D eigenvalue weighted by molar-refractivity contribution is 7.93. The zero-order valence-electron chi connectivity index (χ0n) is 9.69. The van der Waals surface area contributed by atoms with E-state index in [4.69, 9.17) is 9.29 Å². The van der Waals surface area contributed by atoms with Crippen molar-refractivity contribution in [1.82, 2.24) is 0 Å². The van der Waals surface area contributed by atoms with E-state index in [1.165, 1.54) is 5.56 Å². The van der Waals surface area contributed by atoms with Gasteiger partial charge < -0.3 is 9.29 Å². The topological polar surface area (TPSA) is 29.5 Å². The molecule has 0 unspecified atom stereocenters.